The van der Waals surface area contributed by atoms with Gasteiger partial charge in [0.1, 0.15) is 6.54 Å². The van der Waals surface area contributed by atoms with E-state index in [1.165, 1.54) is 18.2 Å². The largest absolute Gasteiger partial charge is 0.418 e. The summed E-state index contributed by atoms with van der Waals surface area (Å²) in [6, 6.07) is 13.3. The van der Waals surface area contributed by atoms with Crippen molar-refractivity contribution in [3.05, 3.63) is 81.6 Å². The second kappa shape index (κ2) is 7.90. The van der Waals surface area contributed by atoms with E-state index in [1.807, 2.05) is 32.0 Å². The van der Waals surface area contributed by atoms with Gasteiger partial charge in [-0.05, 0) is 43.7 Å². The first kappa shape index (κ1) is 20.3. The van der Waals surface area contributed by atoms with Gasteiger partial charge in [-0.2, -0.15) is 18.3 Å². The molecule has 3 aromatic rings. The summed E-state index contributed by atoms with van der Waals surface area (Å²) in [5.41, 5.74) is 1.39. The van der Waals surface area contributed by atoms with Crippen molar-refractivity contribution >= 4 is 11.6 Å². The van der Waals surface area contributed by atoms with Gasteiger partial charge in [-0.3, -0.25) is 9.59 Å². The Morgan fingerprint density at radius 1 is 1.07 bits per heavy atom. The molecule has 0 atom stereocenters. The van der Waals surface area contributed by atoms with Crippen molar-refractivity contribution in [3.8, 4) is 11.3 Å². The minimum atomic E-state index is -4.61. The van der Waals surface area contributed by atoms with E-state index in [0.717, 1.165) is 33.5 Å². The van der Waals surface area contributed by atoms with Crippen LogP contribution in [0.3, 0.4) is 0 Å². The van der Waals surface area contributed by atoms with E-state index >= 15 is 0 Å². The number of carbonyl (C=O) groups is 1. The number of aryl methyl sites for hydroxylation is 2. The number of benzene rings is 2. The summed E-state index contributed by atoms with van der Waals surface area (Å²) in [4.78, 5) is 24.4. The molecule has 1 amide bonds. The first-order chi connectivity index (χ1) is 13.6. The van der Waals surface area contributed by atoms with Gasteiger partial charge in [-0.15, -0.1) is 0 Å². The summed E-state index contributed by atoms with van der Waals surface area (Å²) in [6.45, 7) is 3.31. The summed E-state index contributed by atoms with van der Waals surface area (Å²) in [5, 5.41) is 6.43. The number of hydrogen-bond acceptors (Lipinski definition) is 3. The quantitative estimate of drug-likeness (QED) is 0.713. The van der Waals surface area contributed by atoms with E-state index in [0.29, 0.717) is 5.69 Å². The number of nitrogens with zero attached hydrogens (tertiary/aromatic N) is 2. The van der Waals surface area contributed by atoms with Gasteiger partial charge in [0, 0.05) is 11.6 Å². The number of para-hydroxylation sites is 1. The van der Waals surface area contributed by atoms with Crippen molar-refractivity contribution in [3.63, 3.8) is 0 Å². The highest BCUT2D eigenvalue weighted by molar-refractivity contribution is 5.91. The molecule has 29 heavy (non-hydrogen) atoms. The second-order valence-electron chi connectivity index (χ2n) is 6.62. The zero-order valence-corrected chi connectivity index (χ0v) is 15.7. The van der Waals surface area contributed by atoms with Crippen molar-refractivity contribution in [2.24, 2.45) is 0 Å². The molecule has 0 saturated carbocycles. The number of alkyl halides is 3. The van der Waals surface area contributed by atoms with E-state index in [-0.39, 0.29) is 5.69 Å². The summed E-state index contributed by atoms with van der Waals surface area (Å²) in [5.74, 6) is -0.783. The van der Waals surface area contributed by atoms with Crippen molar-refractivity contribution in [2.45, 2.75) is 26.6 Å². The van der Waals surface area contributed by atoms with Crippen molar-refractivity contribution < 1.29 is 18.0 Å². The van der Waals surface area contributed by atoms with Crippen LogP contribution in [-0.4, -0.2) is 15.7 Å². The highest BCUT2D eigenvalue weighted by Gasteiger charge is 2.33. The normalized spacial score (nSPS) is 11.3. The Hall–Kier alpha value is -3.42. The molecule has 5 nitrogen and oxygen atoms in total. The molecule has 0 bridgehead atoms. The van der Waals surface area contributed by atoms with E-state index in [4.69, 9.17) is 0 Å². The Morgan fingerprint density at radius 2 is 1.79 bits per heavy atom. The van der Waals surface area contributed by atoms with Gasteiger partial charge < -0.3 is 5.32 Å². The molecule has 0 unspecified atom stereocenters. The lowest BCUT2D eigenvalue weighted by Gasteiger charge is -2.14. The molecule has 3 rings (SSSR count). The molecule has 0 radical (unpaired) electrons. The maximum Gasteiger partial charge on any atom is 0.418 e. The predicted molar refractivity (Wildman–Crippen MR) is 103 cm³/mol. The molecule has 1 heterocycles. The zero-order chi connectivity index (χ0) is 21.2. The van der Waals surface area contributed by atoms with Gasteiger partial charge in [0.2, 0.25) is 5.91 Å². The maximum absolute atomic E-state index is 13.1. The van der Waals surface area contributed by atoms with Crippen LogP contribution < -0.4 is 10.9 Å². The lowest BCUT2D eigenvalue weighted by Crippen LogP contribution is -2.29. The fourth-order valence-corrected chi connectivity index (χ4v) is 2.88. The van der Waals surface area contributed by atoms with Crippen molar-refractivity contribution in [1.82, 2.24) is 9.78 Å². The summed E-state index contributed by atoms with van der Waals surface area (Å²) >= 11 is 0. The smallest absolute Gasteiger partial charge is 0.324 e. The summed E-state index contributed by atoms with van der Waals surface area (Å²) in [6.07, 6.45) is -4.61. The zero-order valence-electron chi connectivity index (χ0n) is 15.7. The highest BCUT2D eigenvalue weighted by atomic mass is 19.4. The second-order valence-corrected chi connectivity index (χ2v) is 6.62. The monoisotopic (exact) mass is 401 g/mol. The minimum absolute atomic E-state index is 0.372. The average molecular weight is 401 g/mol. The number of amides is 1. The highest BCUT2D eigenvalue weighted by Crippen LogP contribution is 2.34. The molecule has 0 aliphatic rings. The molecule has 2 aromatic carbocycles. The molecule has 0 aliphatic carbocycles. The van der Waals surface area contributed by atoms with Crippen LogP contribution in [-0.2, 0) is 17.5 Å². The van der Waals surface area contributed by atoms with Gasteiger partial charge in [-0.25, -0.2) is 4.68 Å². The molecular formula is C21H18F3N3O2. The van der Waals surface area contributed by atoms with Crippen molar-refractivity contribution in [1.29, 1.82) is 0 Å². The van der Waals surface area contributed by atoms with E-state index < -0.39 is 29.8 Å². The van der Waals surface area contributed by atoms with Crippen LogP contribution in [0.1, 0.15) is 16.7 Å². The van der Waals surface area contributed by atoms with Crippen molar-refractivity contribution in [2.75, 3.05) is 5.32 Å². The van der Waals surface area contributed by atoms with Gasteiger partial charge in [0.05, 0.1) is 16.9 Å². The fourth-order valence-electron chi connectivity index (χ4n) is 2.88. The van der Waals surface area contributed by atoms with Crippen LogP contribution in [0.5, 0.6) is 0 Å². The third-order valence-corrected chi connectivity index (χ3v) is 4.34. The molecule has 0 aliphatic heterocycles. The van der Waals surface area contributed by atoms with E-state index in [2.05, 4.69) is 10.4 Å². The Kier molecular flexibility index (Phi) is 5.54. The van der Waals surface area contributed by atoms with Crippen LogP contribution in [0.15, 0.2) is 59.4 Å². The summed E-state index contributed by atoms with van der Waals surface area (Å²) < 4.78 is 40.2. The van der Waals surface area contributed by atoms with Crippen LogP contribution in [0.4, 0.5) is 18.9 Å². The standard InChI is InChI=1S/C21H18F3N3O2/c1-13-7-8-14(2)15(11-13)17-9-10-20(29)27(26-17)12-19(28)25-18-6-4-3-5-16(18)21(22,23)24/h3-11H,12H2,1-2H3,(H,25,28). The lowest BCUT2D eigenvalue weighted by molar-refractivity contribution is -0.137. The topological polar surface area (TPSA) is 64.0 Å². The molecule has 0 saturated heterocycles. The number of halogens is 3. The van der Waals surface area contributed by atoms with Gasteiger partial charge in [-0.1, -0.05) is 29.8 Å². The number of anilines is 1. The molecule has 0 spiro atoms. The molecule has 1 aromatic heterocycles. The summed E-state index contributed by atoms with van der Waals surface area (Å²) in [7, 11) is 0. The van der Waals surface area contributed by atoms with E-state index in [9.17, 15) is 22.8 Å². The van der Waals surface area contributed by atoms with Crippen LogP contribution in [0.2, 0.25) is 0 Å². The first-order valence-corrected chi connectivity index (χ1v) is 8.77. The number of carbonyl (C=O) groups excluding carboxylic acids is 1. The van der Waals surface area contributed by atoms with Crippen LogP contribution in [0, 0.1) is 13.8 Å². The first-order valence-electron chi connectivity index (χ1n) is 8.77. The molecular weight excluding hydrogens is 383 g/mol. The number of nitrogens with one attached hydrogen (secondary N) is 1. The molecule has 0 fully saturated rings. The third-order valence-electron chi connectivity index (χ3n) is 4.34. The SMILES string of the molecule is Cc1ccc(C)c(-c2ccc(=O)n(CC(=O)Nc3ccccc3C(F)(F)F)n2)c1. The fraction of sp³-hybridized carbons (Fsp3) is 0.190. The van der Waals surface area contributed by atoms with Gasteiger partial charge in [0.15, 0.2) is 0 Å². The Morgan fingerprint density at radius 3 is 2.52 bits per heavy atom. The number of aromatic nitrogens is 2. The Labute approximate surface area is 164 Å². The van der Waals surface area contributed by atoms with E-state index in [1.54, 1.807) is 6.07 Å². The molecule has 150 valence electrons. The predicted octanol–water partition coefficient (Wildman–Crippen LogP) is 4.18. The Balaban J connectivity index is 1.87. The van der Waals surface area contributed by atoms with Crippen LogP contribution in [0.25, 0.3) is 11.3 Å². The molecule has 1 N–H and O–H groups in total. The lowest BCUT2D eigenvalue weighted by atomic mass is 10.0. The maximum atomic E-state index is 13.1. The molecule has 8 heteroatoms. The minimum Gasteiger partial charge on any atom is -0.324 e. The Bertz CT molecular complexity index is 1120. The average Bonchev–Trinajstić information content (AvgIpc) is 2.65. The number of hydrogen-bond donors (Lipinski definition) is 1. The van der Waals surface area contributed by atoms with Gasteiger partial charge in [0.25, 0.3) is 5.56 Å². The third kappa shape index (κ3) is 4.71. The number of rotatable bonds is 4. The van der Waals surface area contributed by atoms with Crippen LogP contribution >= 0.6 is 0 Å². The van der Waals surface area contributed by atoms with Gasteiger partial charge >= 0.3 is 6.18 Å².